The Hall–Kier alpha value is -1.10. The number of hydrogen-bond acceptors (Lipinski definition) is 3. The van der Waals surface area contributed by atoms with Gasteiger partial charge in [0.1, 0.15) is 6.04 Å². The Labute approximate surface area is 162 Å². The van der Waals surface area contributed by atoms with Crippen LogP contribution in [-0.2, 0) is 5.41 Å². The van der Waals surface area contributed by atoms with Crippen LogP contribution in [0.25, 0.3) is 0 Å². The van der Waals surface area contributed by atoms with E-state index in [9.17, 15) is 10.2 Å². The van der Waals surface area contributed by atoms with Crippen molar-refractivity contribution >= 4 is 5.69 Å². The number of rotatable bonds is 3. The summed E-state index contributed by atoms with van der Waals surface area (Å²) < 4.78 is 0.873. The summed E-state index contributed by atoms with van der Waals surface area (Å²) in [5.74, 6) is 1.18. The number of para-hydroxylation sites is 1. The number of piperidine rings is 4. The number of hydrogen-bond donors (Lipinski definition) is 2. The Morgan fingerprint density at radius 3 is 2.70 bits per heavy atom. The summed E-state index contributed by atoms with van der Waals surface area (Å²) in [6.45, 7) is 5.56. The maximum atomic E-state index is 11.9. The summed E-state index contributed by atoms with van der Waals surface area (Å²) in [4.78, 5) is 2.48. The third kappa shape index (κ3) is 1.51. The van der Waals surface area contributed by atoms with Gasteiger partial charge < -0.3 is 15.1 Å². The summed E-state index contributed by atoms with van der Waals surface area (Å²) in [5.41, 5.74) is 2.56. The average molecular weight is 370 g/mol. The summed E-state index contributed by atoms with van der Waals surface area (Å²) in [7, 11) is 2.23. The molecule has 0 unspecified atom stereocenters. The number of aliphatic hydroxyl groups is 2. The molecule has 0 radical (unpaired) electrons. The van der Waals surface area contributed by atoms with Gasteiger partial charge in [-0.05, 0) is 30.4 Å². The van der Waals surface area contributed by atoms with E-state index in [-0.39, 0.29) is 17.7 Å². The molecule has 5 fully saturated rings. The molecular formula is C23H33N2O2+. The van der Waals surface area contributed by atoms with Crippen molar-refractivity contribution in [2.24, 2.45) is 17.8 Å². The molecule has 5 heterocycles. The van der Waals surface area contributed by atoms with Gasteiger partial charge in [-0.1, -0.05) is 32.0 Å². The van der Waals surface area contributed by atoms with Gasteiger partial charge in [-0.25, -0.2) is 0 Å². The van der Waals surface area contributed by atoms with Crippen LogP contribution < -0.4 is 4.90 Å². The van der Waals surface area contributed by atoms with Gasteiger partial charge in [-0.3, -0.25) is 4.48 Å². The second-order valence-electron chi connectivity index (χ2n) is 10.1. The molecule has 146 valence electrons. The van der Waals surface area contributed by atoms with Crippen molar-refractivity contribution in [2.75, 3.05) is 18.5 Å². The maximum Gasteiger partial charge on any atom is 0.194 e. The molecule has 4 nitrogen and oxygen atoms in total. The second kappa shape index (κ2) is 5.08. The zero-order valence-corrected chi connectivity index (χ0v) is 16.8. The molecule has 4 heteroatoms. The van der Waals surface area contributed by atoms with E-state index in [2.05, 4.69) is 50.1 Å². The second-order valence-corrected chi connectivity index (χ2v) is 10.1. The van der Waals surface area contributed by atoms with Crippen LogP contribution in [0.5, 0.6) is 0 Å². The molecule has 0 aromatic heterocycles. The van der Waals surface area contributed by atoms with E-state index in [1.807, 2.05) is 0 Å². The van der Waals surface area contributed by atoms with Crippen LogP contribution in [0.3, 0.4) is 0 Å². The van der Waals surface area contributed by atoms with E-state index in [0.29, 0.717) is 35.9 Å². The summed E-state index contributed by atoms with van der Waals surface area (Å²) in [6, 6.07) is 9.97. The molecule has 1 aliphatic carbocycles. The zero-order valence-electron chi connectivity index (χ0n) is 16.8. The third-order valence-electron chi connectivity index (χ3n) is 9.73. The number of anilines is 1. The van der Waals surface area contributed by atoms with Gasteiger partial charge in [-0.2, -0.15) is 0 Å². The minimum absolute atomic E-state index is 0.127. The van der Waals surface area contributed by atoms with Gasteiger partial charge in [-0.15, -0.1) is 0 Å². The van der Waals surface area contributed by atoms with Crippen molar-refractivity contribution in [1.29, 1.82) is 0 Å². The molecule has 1 saturated carbocycles. The fraction of sp³-hybridized carbons (Fsp3) is 0.739. The Kier molecular flexibility index (Phi) is 3.17. The lowest BCUT2D eigenvalue weighted by Gasteiger charge is -2.68. The number of nitrogens with zero attached hydrogens (tertiary/aromatic N) is 2. The van der Waals surface area contributed by atoms with Gasteiger partial charge in [0.25, 0.3) is 0 Å². The summed E-state index contributed by atoms with van der Waals surface area (Å²) in [5, 5.41) is 23.6. The SMILES string of the molecule is CCC[N@@+]12[C@H](O)[C@@H](CC)[C@@H]3C[C@H]1[C@@H]1N(C)c4ccccc4[C@]14C[C@H]2[C@@H]3[C@H]4O. The molecule has 4 saturated heterocycles. The van der Waals surface area contributed by atoms with E-state index in [4.69, 9.17) is 0 Å². The molecule has 1 spiro atoms. The predicted octanol–water partition coefficient (Wildman–Crippen LogP) is 2.48. The largest absolute Gasteiger partial charge is 0.392 e. The molecule has 10 atom stereocenters. The van der Waals surface area contributed by atoms with Crippen molar-refractivity contribution < 1.29 is 14.7 Å². The normalized spacial score (nSPS) is 53.7. The first-order valence-electron chi connectivity index (χ1n) is 11.1. The summed E-state index contributed by atoms with van der Waals surface area (Å²) >= 11 is 0. The minimum atomic E-state index is -0.271. The highest BCUT2D eigenvalue weighted by molar-refractivity contribution is 5.66. The van der Waals surface area contributed by atoms with Crippen LogP contribution in [0.15, 0.2) is 24.3 Å². The first kappa shape index (κ1) is 16.8. The van der Waals surface area contributed by atoms with Crippen LogP contribution in [0, 0.1) is 17.8 Å². The predicted molar refractivity (Wildman–Crippen MR) is 105 cm³/mol. The van der Waals surface area contributed by atoms with Crippen molar-refractivity contribution in [2.45, 2.75) is 75.4 Å². The first-order valence-corrected chi connectivity index (χ1v) is 11.1. The van der Waals surface area contributed by atoms with E-state index in [1.54, 1.807) is 0 Å². The lowest BCUT2D eigenvalue weighted by Crippen LogP contribution is -2.83. The molecular weight excluding hydrogens is 336 g/mol. The van der Waals surface area contributed by atoms with Crippen molar-refractivity contribution in [3.05, 3.63) is 29.8 Å². The van der Waals surface area contributed by atoms with Gasteiger partial charge in [0.05, 0.1) is 30.1 Å². The number of fused-ring (bicyclic) bond motifs is 2. The highest BCUT2D eigenvalue weighted by Crippen LogP contribution is 2.71. The fourth-order valence-electron chi connectivity index (χ4n) is 9.23. The fourth-order valence-corrected chi connectivity index (χ4v) is 9.23. The Morgan fingerprint density at radius 1 is 1.19 bits per heavy atom. The van der Waals surface area contributed by atoms with Gasteiger partial charge >= 0.3 is 0 Å². The molecule has 5 aliphatic heterocycles. The van der Waals surface area contributed by atoms with E-state index in [1.165, 1.54) is 17.7 Å². The smallest absolute Gasteiger partial charge is 0.194 e. The topological polar surface area (TPSA) is 43.7 Å². The number of aliphatic hydroxyl groups excluding tert-OH is 2. The monoisotopic (exact) mass is 369 g/mol. The third-order valence-corrected chi connectivity index (χ3v) is 9.73. The molecule has 2 N–H and O–H groups in total. The van der Waals surface area contributed by atoms with Crippen LogP contribution >= 0.6 is 0 Å². The number of likely N-dealkylation sites (N-methyl/N-ethyl adjacent to an activating group) is 1. The molecule has 6 aliphatic rings. The van der Waals surface area contributed by atoms with Crippen LogP contribution in [0.4, 0.5) is 5.69 Å². The molecule has 27 heavy (non-hydrogen) atoms. The molecule has 5 bridgehead atoms. The Balaban J connectivity index is 1.62. The molecule has 7 rings (SSSR count). The van der Waals surface area contributed by atoms with E-state index in [0.717, 1.165) is 30.3 Å². The highest BCUT2D eigenvalue weighted by atomic mass is 16.3. The molecule has 0 amide bonds. The average Bonchev–Trinajstić information content (AvgIpc) is 3.06. The van der Waals surface area contributed by atoms with Crippen molar-refractivity contribution in [3.63, 3.8) is 0 Å². The highest BCUT2D eigenvalue weighted by Gasteiger charge is 2.82. The molecule has 1 aromatic rings. The van der Waals surface area contributed by atoms with Crippen molar-refractivity contribution in [1.82, 2.24) is 0 Å². The lowest BCUT2D eigenvalue weighted by atomic mass is 9.60. The quantitative estimate of drug-likeness (QED) is 0.805. The Bertz CT molecular complexity index is 798. The van der Waals surface area contributed by atoms with Gasteiger partial charge in [0, 0.05) is 37.4 Å². The standard InChI is InChI=1S/C23H33N2O2/c1-4-10-25-17-11-14(13(5-2)22(25)27)19-18(25)12-23(21(19)26)15-8-6-7-9-16(15)24(3)20(17)23/h6-9,13-14,17-22,26-27H,4-5,10-12H2,1-3H3/q+1/t13-,14-,17-,18-,19+,20-,21+,22+,23+,25+/m0/s1. The maximum absolute atomic E-state index is 11.9. The van der Waals surface area contributed by atoms with E-state index < -0.39 is 0 Å². The lowest BCUT2D eigenvalue weighted by molar-refractivity contribution is -1.04. The van der Waals surface area contributed by atoms with Crippen LogP contribution in [0.1, 0.15) is 45.1 Å². The number of quaternary nitrogens is 1. The minimum Gasteiger partial charge on any atom is -0.392 e. The van der Waals surface area contributed by atoms with E-state index >= 15 is 0 Å². The Morgan fingerprint density at radius 2 is 1.96 bits per heavy atom. The van der Waals surface area contributed by atoms with Crippen LogP contribution in [0.2, 0.25) is 0 Å². The van der Waals surface area contributed by atoms with Crippen LogP contribution in [-0.4, -0.2) is 58.7 Å². The first-order chi connectivity index (χ1) is 13.0. The summed E-state index contributed by atoms with van der Waals surface area (Å²) in [6.07, 6.45) is 3.84. The van der Waals surface area contributed by atoms with Gasteiger partial charge in [0.15, 0.2) is 6.23 Å². The zero-order chi connectivity index (χ0) is 18.7. The van der Waals surface area contributed by atoms with Crippen molar-refractivity contribution in [3.8, 4) is 0 Å². The number of benzene rings is 1. The van der Waals surface area contributed by atoms with Gasteiger partial charge in [0.2, 0.25) is 0 Å². The molecule has 1 aromatic carbocycles.